The third-order valence-electron chi connectivity index (χ3n) is 3.10. The van der Waals surface area contributed by atoms with Crippen LogP contribution in [0.2, 0.25) is 0 Å². The molecule has 4 nitrogen and oxygen atoms in total. The van der Waals surface area contributed by atoms with Crippen molar-refractivity contribution >= 4 is 0 Å². The van der Waals surface area contributed by atoms with Gasteiger partial charge in [-0.1, -0.05) is 6.92 Å². The highest BCUT2D eigenvalue weighted by Gasteiger charge is 2.20. The van der Waals surface area contributed by atoms with E-state index in [0.717, 1.165) is 24.2 Å². The molecule has 0 bridgehead atoms. The van der Waals surface area contributed by atoms with Crippen LogP contribution in [0.5, 0.6) is 6.01 Å². The highest BCUT2D eigenvalue weighted by atomic mass is 16.5. The van der Waals surface area contributed by atoms with Crippen molar-refractivity contribution in [2.24, 2.45) is 0 Å². The summed E-state index contributed by atoms with van der Waals surface area (Å²) in [6.45, 7) is 6.99. The highest BCUT2D eigenvalue weighted by Crippen LogP contribution is 2.20. The molecule has 1 unspecified atom stereocenters. The molecule has 0 saturated heterocycles. The van der Waals surface area contributed by atoms with E-state index in [1.54, 1.807) is 0 Å². The van der Waals surface area contributed by atoms with E-state index in [9.17, 15) is 0 Å². The fourth-order valence-electron chi connectivity index (χ4n) is 1.51. The summed E-state index contributed by atoms with van der Waals surface area (Å²) in [5, 5.41) is 3.46. The minimum absolute atomic E-state index is 0.171. The van der Waals surface area contributed by atoms with Crippen molar-refractivity contribution in [1.29, 1.82) is 0 Å². The molecule has 0 radical (unpaired) electrons. The molecular formula is C13H21N3O. The molecule has 2 rings (SSSR count). The van der Waals surface area contributed by atoms with Crippen LogP contribution in [0.3, 0.4) is 0 Å². The molecule has 1 aromatic heterocycles. The molecule has 1 fully saturated rings. The summed E-state index contributed by atoms with van der Waals surface area (Å²) >= 11 is 0. The topological polar surface area (TPSA) is 47.0 Å². The van der Waals surface area contributed by atoms with E-state index in [2.05, 4.69) is 22.2 Å². The summed E-state index contributed by atoms with van der Waals surface area (Å²) < 4.78 is 5.59. The van der Waals surface area contributed by atoms with Crippen LogP contribution < -0.4 is 10.1 Å². The van der Waals surface area contributed by atoms with Gasteiger partial charge in [0, 0.05) is 30.0 Å². The first-order valence-corrected chi connectivity index (χ1v) is 6.41. The van der Waals surface area contributed by atoms with E-state index < -0.39 is 0 Å². The molecule has 0 amide bonds. The van der Waals surface area contributed by atoms with Crippen molar-refractivity contribution in [3.05, 3.63) is 17.5 Å². The maximum Gasteiger partial charge on any atom is 0.316 e. The maximum atomic E-state index is 5.59. The standard InChI is InChI=1S/C13H21N3O/c1-4-9(2)17-13-15-8-11(10(3)16-13)7-14-12-5-6-12/h8-9,12,14H,4-7H2,1-3H3. The SMILES string of the molecule is CCC(C)Oc1ncc(CNC2CC2)c(C)n1. The van der Waals surface area contributed by atoms with Crippen molar-refractivity contribution in [3.63, 3.8) is 0 Å². The zero-order chi connectivity index (χ0) is 12.3. The molecule has 1 aliphatic carbocycles. The first-order chi connectivity index (χ1) is 8.19. The van der Waals surface area contributed by atoms with Crippen LogP contribution in [-0.4, -0.2) is 22.1 Å². The fraction of sp³-hybridized carbons (Fsp3) is 0.692. The quantitative estimate of drug-likeness (QED) is 0.821. The van der Waals surface area contributed by atoms with Crippen molar-refractivity contribution < 1.29 is 4.74 Å². The van der Waals surface area contributed by atoms with Crippen LogP contribution in [0.25, 0.3) is 0 Å². The molecule has 0 aromatic carbocycles. The number of hydrogen-bond acceptors (Lipinski definition) is 4. The Hall–Kier alpha value is -1.16. The van der Waals surface area contributed by atoms with Crippen LogP contribution in [0.15, 0.2) is 6.20 Å². The largest absolute Gasteiger partial charge is 0.460 e. The van der Waals surface area contributed by atoms with Crippen LogP contribution in [0.4, 0.5) is 0 Å². The summed E-state index contributed by atoms with van der Waals surface area (Å²) in [5.74, 6) is 0. The van der Waals surface area contributed by atoms with Gasteiger partial charge in [-0.15, -0.1) is 0 Å². The van der Waals surface area contributed by atoms with E-state index in [4.69, 9.17) is 4.74 Å². The van der Waals surface area contributed by atoms with Crippen molar-refractivity contribution in [1.82, 2.24) is 15.3 Å². The van der Waals surface area contributed by atoms with Crippen molar-refractivity contribution in [3.8, 4) is 6.01 Å². The summed E-state index contributed by atoms with van der Waals surface area (Å²) in [6.07, 6.45) is 5.61. The number of nitrogens with zero attached hydrogens (tertiary/aromatic N) is 2. The summed E-state index contributed by atoms with van der Waals surface area (Å²) in [4.78, 5) is 8.64. The number of rotatable bonds is 6. The molecular weight excluding hydrogens is 214 g/mol. The number of hydrogen-bond donors (Lipinski definition) is 1. The number of ether oxygens (including phenoxy) is 1. The van der Waals surface area contributed by atoms with E-state index in [1.807, 2.05) is 20.0 Å². The van der Waals surface area contributed by atoms with Crippen LogP contribution in [0.1, 0.15) is 44.4 Å². The van der Waals surface area contributed by atoms with Gasteiger partial charge in [-0.05, 0) is 33.1 Å². The predicted octanol–water partition coefficient (Wildman–Crippen LogP) is 2.21. The lowest BCUT2D eigenvalue weighted by molar-refractivity contribution is 0.198. The van der Waals surface area contributed by atoms with E-state index in [0.29, 0.717) is 12.1 Å². The highest BCUT2D eigenvalue weighted by molar-refractivity contribution is 5.18. The molecule has 17 heavy (non-hydrogen) atoms. The Balaban J connectivity index is 1.94. The predicted molar refractivity (Wildman–Crippen MR) is 67.0 cm³/mol. The Morgan fingerprint density at radius 1 is 1.53 bits per heavy atom. The fourth-order valence-corrected chi connectivity index (χ4v) is 1.51. The Bertz CT molecular complexity index is 377. The van der Waals surface area contributed by atoms with E-state index >= 15 is 0 Å². The zero-order valence-corrected chi connectivity index (χ0v) is 10.9. The lowest BCUT2D eigenvalue weighted by Gasteiger charge is -2.12. The zero-order valence-electron chi connectivity index (χ0n) is 10.9. The molecule has 4 heteroatoms. The Morgan fingerprint density at radius 2 is 2.29 bits per heavy atom. The van der Waals surface area contributed by atoms with Gasteiger partial charge in [0.25, 0.3) is 0 Å². The summed E-state index contributed by atoms with van der Waals surface area (Å²) in [6, 6.07) is 1.21. The minimum Gasteiger partial charge on any atom is -0.460 e. The Morgan fingerprint density at radius 3 is 2.88 bits per heavy atom. The molecule has 1 N–H and O–H groups in total. The molecule has 1 aliphatic rings. The van der Waals surface area contributed by atoms with Gasteiger partial charge in [0.2, 0.25) is 0 Å². The third kappa shape index (κ3) is 3.66. The Kier molecular flexibility index (Phi) is 3.94. The van der Waals surface area contributed by atoms with Gasteiger partial charge in [0.15, 0.2) is 0 Å². The van der Waals surface area contributed by atoms with Crippen molar-refractivity contribution in [2.75, 3.05) is 0 Å². The van der Waals surface area contributed by atoms with Gasteiger partial charge >= 0.3 is 6.01 Å². The number of aromatic nitrogens is 2. The minimum atomic E-state index is 0.171. The van der Waals surface area contributed by atoms with E-state index in [1.165, 1.54) is 12.8 Å². The van der Waals surface area contributed by atoms with Gasteiger partial charge in [-0.3, -0.25) is 0 Å². The summed E-state index contributed by atoms with van der Waals surface area (Å²) in [7, 11) is 0. The lowest BCUT2D eigenvalue weighted by Crippen LogP contribution is -2.17. The average Bonchev–Trinajstić information content (AvgIpc) is 3.12. The number of aryl methyl sites for hydroxylation is 1. The number of nitrogens with one attached hydrogen (secondary N) is 1. The van der Waals surface area contributed by atoms with Gasteiger partial charge in [0.1, 0.15) is 0 Å². The lowest BCUT2D eigenvalue weighted by atomic mass is 10.2. The van der Waals surface area contributed by atoms with Gasteiger partial charge in [-0.2, -0.15) is 0 Å². The van der Waals surface area contributed by atoms with Gasteiger partial charge in [0.05, 0.1) is 6.10 Å². The smallest absolute Gasteiger partial charge is 0.316 e. The summed E-state index contributed by atoms with van der Waals surface area (Å²) in [5.41, 5.74) is 2.17. The second-order valence-electron chi connectivity index (χ2n) is 4.76. The first-order valence-electron chi connectivity index (χ1n) is 6.41. The molecule has 94 valence electrons. The normalized spacial score (nSPS) is 16.9. The average molecular weight is 235 g/mol. The monoisotopic (exact) mass is 235 g/mol. The molecule has 1 atom stereocenters. The van der Waals surface area contributed by atoms with Crippen LogP contribution >= 0.6 is 0 Å². The molecule has 1 aromatic rings. The second kappa shape index (κ2) is 5.45. The van der Waals surface area contributed by atoms with Crippen LogP contribution in [-0.2, 0) is 6.54 Å². The first kappa shape index (κ1) is 12.3. The third-order valence-corrected chi connectivity index (χ3v) is 3.10. The van der Waals surface area contributed by atoms with Gasteiger partial charge in [-0.25, -0.2) is 9.97 Å². The second-order valence-corrected chi connectivity index (χ2v) is 4.76. The molecule has 0 spiro atoms. The van der Waals surface area contributed by atoms with E-state index in [-0.39, 0.29) is 6.10 Å². The van der Waals surface area contributed by atoms with Crippen LogP contribution in [0, 0.1) is 6.92 Å². The Labute approximate surface area is 103 Å². The molecule has 0 aliphatic heterocycles. The maximum absolute atomic E-state index is 5.59. The molecule has 1 heterocycles. The van der Waals surface area contributed by atoms with Crippen molar-refractivity contribution in [2.45, 2.75) is 58.7 Å². The molecule has 1 saturated carbocycles. The van der Waals surface area contributed by atoms with Gasteiger partial charge < -0.3 is 10.1 Å².